The summed E-state index contributed by atoms with van der Waals surface area (Å²) in [7, 11) is 1.71. The van der Waals surface area contributed by atoms with Crippen molar-refractivity contribution in [3.05, 3.63) is 70.8 Å². The normalized spacial score (nSPS) is 20.3. The summed E-state index contributed by atoms with van der Waals surface area (Å²) in [6.07, 6.45) is 14.5. The van der Waals surface area contributed by atoms with Gasteiger partial charge >= 0.3 is 0 Å². The highest BCUT2D eigenvalue weighted by molar-refractivity contribution is 5.89. The van der Waals surface area contributed by atoms with E-state index in [0.29, 0.717) is 31.6 Å². The highest BCUT2D eigenvalue weighted by Gasteiger charge is 2.28. The zero-order valence-electron chi connectivity index (χ0n) is 27.1. The number of ether oxygens (including phenoxy) is 2. The van der Waals surface area contributed by atoms with E-state index in [1.807, 2.05) is 30.3 Å². The Morgan fingerprint density at radius 1 is 1.11 bits per heavy atom. The van der Waals surface area contributed by atoms with Gasteiger partial charge in [0.25, 0.3) is 0 Å². The number of carbonyl (C=O) groups is 1. The number of hydrogen-bond donors (Lipinski definition) is 3. The molecule has 0 saturated heterocycles. The lowest BCUT2D eigenvalue weighted by molar-refractivity contribution is -0.114. The number of phenols is 1. The third-order valence-corrected chi connectivity index (χ3v) is 8.96. The highest BCUT2D eigenvalue weighted by atomic mass is 16.5. The van der Waals surface area contributed by atoms with Crippen molar-refractivity contribution in [1.29, 1.82) is 0 Å². The van der Waals surface area contributed by atoms with Crippen molar-refractivity contribution in [2.24, 2.45) is 28.3 Å². The minimum Gasteiger partial charge on any atom is -0.504 e. The fourth-order valence-electron chi connectivity index (χ4n) is 6.52. The van der Waals surface area contributed by atoms with E-state index in [1.165, 1.54) is 5.56 Å². The molecule has 5 N–H and O–H groups in total. The molecule has 2 aromatic carbocycles. The van der Waals surface area contributed by atoms with Gasteiger partial charge in [-0.1, -0.05) is 61.6 Å². The summed E-state index contributed by atoms with van der Waals surface area (Å²) in [5.41, 5.74) is 15.6. The number of aliphatic imine (C=N–C) groups is 1. The van der Waals surface area contributed by atoms with Gasteiger partial charge in [0.1, 0.15) is 0 Å². The zero-order chi connectivity index (χ0) is 32.0. The number of nitrogens with zero attached hydrogens (tertiary/aromatic N) is 1. The lowest BCUT2D eigenvalue weighted by Gasteiger charge is -2.26. The Hall–Kier alpha value is -3.76. The molecule has 2 aromatic rings. The Balaban J connectivity index is 1.79. The molecule has 1 saturated carbocycles. The predicted molar refractivity (Wildman–Crippen MR) is 181 cm³/mol. The van der Waals surface area contributed by atoms with Crippen molar-refractivity contribution in [3.63, 3.8) is 0 Å². The predicted octanol–water partition coefficient (Wildman–Crippen LogP) is 6.41. The second-order valence-corrected chi connectivity index (χ2v) is 12.5. The van der Waals surface area contributed by atoms with Crippen LogP contribution in [0.5, 0.6) is 11.5 Å². The summed E-state index contributed by atoms with van der Waals surface area (Å²) in [5.74, 6) is 7.87. The molecule has 3 atom stereocenters. The van der Waals surface area contributed by atoms with Gasteiger partial charge in [0.15, 0.2) is 23.2 Å². The molecule has 2 aliphatic carbocycles. The smallest absolute Gasteiger partial charge is 0.186 e. The number of rotatable bonds is 14. The van der Waals surface area contributed by atoms with Crippen molar-refractivity contribution in [2.75, 3.05) is 13.7 Å². The van der Waals surface area contributed by atoms with Gasteiger partial charge in [-0.2, -0.15) is 0 Å². The summed E-state index contributed by atoms with van der Waals surface area (Å²) in [6.45, 7) is 2.62. The number of fused-ring (bicyclic) bond motifs is 1. The Morgan fingerprint density at radius 3 is 2.60 bits per heavy atom. The molecule has 0 heterocycles. The van der Waals surface area contributed by atoms with E-state index < -0.39 is 0 Å². The summed E-state index contributed by atoms with van der Waals surface area (Å²) in [4.78, 5) is 17.5. The lowest BCUT2D eigenvalue weighted by atomic mass is 9.83. The van der Waals surface area contributed by atoms with Crippen LogP contribution < -0.4 is 16.2 Å². The molecule has 3 unspecified atom stereocenters. The van der Waals surface area contributed by atoms with E-state index in [4.69, 9.17) is 20.9 Å². The maximum atomic E-state index is 12.8. The Kier molecular flexibility index (Phi) is 13.4. The van der Waals surface area contributed by atoms with Gasteiger partial charge in [-0.25, -0.2) is 4.99 Å². The number of phenolic OH excluding ortho intramolecular Hbond substituents is 1. The maximum absolute atomic E-state index is 12.8. The van der Waals surface area contributed by atoms with Gasteiger partial charge in [-0.05, 0) is 99.8 Å². The van der Waals surface area contributed by atoms with Crippen LogP contribution >= 0.6 is 0 Å². The van der Waals surface area contributed by atoms with Crippen LogP contribution in [-0.2, 0) is 28.8 Å². The third-order valence-electron chi connectivity index (χ3n) is 8.96. The molecule has 0 spiro atoms. The quantitative estimate of drug-likeness (QED) is 0.0980. The average Bonchev–Trinajstić information content (AvgIpc) is 3.54. The van der Waals surface area contributed by atoms with Gasteiger partial charge in [0.05, 0.1) is 12.1 Å². The summed E-state index contributed by atoms with van der Waals surface area (Å²) >= 11 is 0. The van der Waals surface area contributed by atoms with Crippen LogP contribution in [0.2, 0.25) is 0 Å². The second-order valence-electron chi connectivity index (χ2n) is 12.5. The standard InChI is InChI=1S/C38H51N3O4/c1-3-4-6-13-31(42)21-19-30-25-36(45-32-14-9-10-15-32)37(43)34-24-28(26-44-2)17-23-35(41-38(39)40)29(20-22-33(30)34)18-16-27-11-7-5-8-12-27/h5-8,11-13,25,28-29,32,35,43H,3-4,9-10,14-19,21,23-24,26H2,1-2H3,(H4,39,40,41). The summed E-state index contributed by atoms with van der Waals surface area (Å²) in [6, 6.07) is 12.1. The Bertz CT molecular complexity index is 1360. The molecular formula is C38H51N3O4. The van der Waals surface area contributed by atoms with Crippen molar-refractivity contribution in [1.82, 2.24) is 0 Å². The van der Waals surface area contributed by atoms with E-state index in [9.17, 15) is 9.90 Å². The summed E-state index contributed by atoms with van der Waals surface area (Å²) in [5, 5.41) is 11.7. The largest absolute Gasteiger partial charge is 0.504 e. The van der Waals surface area contributed by atoms with Crippen LogP contribution in [0, 0.1) is 23.7 Å². The average molecular weight is 614 g/mol. The number of unbranched alkanes of at least 4 members (excludes halogenated alkanes) is 1. The van der Waals surface area contributed by atoms with Crippen LogP contribution in [0.4, 0.5) is 0 Å². The second kappa shape index (κ2) is 17.7. The first kappa shape index (κ1) is 34.1. The topological polar surface area (TPSA) is 120 Å². The minimum atomic E-state index is -0.167. The Morgan fingerprint density at radius 2 is 1.89 bits per heavy atom. The minimum absolute atomic E-state index is 0.0638. The van der Waals surface area contributed by atoms with Crippen LogP contribution in [0.25, 0.3) is 0 Å². The fraction of sp³-hybridized carbons (Fsp3) is 0.526. The zero-order valence-corrected chi connectivity index (χ0v) is 27.1. The lowest BCUT2D eigenvalue weighted by Crippen LogP contribution is -2.30. The number of carbonyl (C=O) groups excluding carboxylic acids is 1. The number of ketones is 1. The van der Waals surface area contributed by atoms with Crippen molar-refractivity contribution in [3.8, 4) is 23.3 Å². The number of aromatic hydroxyl groups is 1. The van der Waals surface area contributed by atoms with Crippen LogP contribution in [0.3, 0.4) is 0 Å². The van der Waals surface area contributed by atoms with E-state index >= 15 is 0 Å². The van der Waals surface area contributed by atoms with Crippen LogP contribution in [-0.4, -0.2) is 42.7 Å². The van der Waals surface area contributed by atoms with Gasteiger partial charge in [0, 0.05) is 37.2 Å². The van der Waals surface area contributed by atoms with E-state index in [1.54, 1.807) is 13.2 Å². The van der Waals surface area contributed by atoms with E-state index in [-0.39, 0.29) is 41.5 Å². The van der Waals surface area contributed by atoms with Gasteiger partial charge in [0.2, 0.25) is 0 Å². The number of benzene rings is 2. The van der Waals surface area contributed by atoms with Gasteiger partial charge < -0.3 is 26.0 Å². The third kappa shape index (κ3) is 10.4. The monoisotopic (exact) mass is 613 g/mol. The molecule has 0 bridgehead atoms. The molecule has 0 aromatic heterocycles. The van der Waals surface area contributed by atoms with Gasteiger partial charge in [-0.3, -0.25) is 4.79 Å². The van der Waals surface area contributed by atoms with Crippen LogP contribution in [0.15, 0.2) is 53.5 Å². The first-order chi connectivity index (χ1) is 21.9. The van der Waals surface area contributed by atoms with Gasteiger partial charge in [-0.15, -0.1) is 0 Å². The molecule has 7 nitrogen and oxygen atoms in total. The highest BCUT2D eigenvalue weighted by Crippen LogP contribution is 2.40. The number of hydrogen-bond acceptors (Lipinski definition) is 5. The Labute approximate surface area is 269 Å². The molecule has 0 amide bonds. The number of aryl methyl sites for hydroxylation is 2. The molecule has 1 fully saturated rings. The molecule has 4 rings (SSSR count). The van der Waals surface area contributed by atoms with Crippen LogP contribution in [0.1, 0.15) is 93.4 Å². The SMILES string of the molecule is CCCC=CC(=O)CCc1cc(OC2CCCC2)c(O)c2c1C#CC(CCc1ccccc1)C(N=C(N)N)CCC(COC)C2. The molecule has 7 heteroatoms. The van der Waals surface area contributed by atoms with Crippen molar-refractivity contribution < 1.29 is 19.4 Å². The van der Waals surface area contributed by atoms with Crippen molar-refractivity contribution >= 4 is 11.7 Å². The fourth-order valence-corrected chi connectivity index (χ4v) is 6.52. The first-order valence-corrected chi connectivity index (χ1v) is 16.7. The summed E-state index contributed by atoms with van der Waals surface area (Å²) < 4.78 is 12.1. The number of guanidine groups is 1. The molecule has 0 aliphatic heterocycles. The maximum Gasteiger partial charge on any atom is 0.186 e. The number of allylic oxidation sites excluding steroid dienone is 2. The molecule has 0 radical (unpaired) electrons. The van der Waals surface area contributed by atoms with E-state index in [2.05, 4.69) is 35.9 Å². The number of methoxy groups -OCH3 is 1. The first-order valence-electron chi connectivity index (χ1n) is 16.7. The molecule has 242 valence electrons. The van der Waals surface area contributed by atoms with E-state index in [0.717, 1.165) is 80.9 Å². The molecule has 2 aliphatic rings. The number of nitrogens with two attached hydrogens (primary N) is 2. The van der Waals surface area contributed by atoms with Crippen molar-refractivity contribution in [2.45, 2.75) is 103 Å². The molecule has 45 heavy (non-hydrogen) atoms. The molecular weight excluding hydrogens is 562 g/mol.